The summed E-state index contributed by atoms with van der Waals surface area (Å²) < 4.78 is 0. The molecular weight excluding hydrogens is 180 g/mol. The molecule has 2 atom stereocenters. The van der Waals surface area contributed by atoms with Crippen LogP contribution in [0.25, 0.3) is 0 Å². The minimum atomic E-state index is -0.845. The number of ketones is 1. The van der Waals surface area contributed by atoms with Crippen molar-refractivity contribution in [1.29, 1.82) is 0 Å². The van der Waals surface area contributed by atoms with Crippen LogP contribution in [0.4, 0.5) is 0 Å². The van der Waals surface area contributed by atoms with E-state index >= 15 is 0 Å². The number of pyridine rings is 1. The van der Waals surface area contributed by atoms with Crippen molar-refractivity contribution in [2.75, 3.05) is 0 Å². The lowest BCUT2D eigenvalue weighted by atomic mass is 10.00. The molecule has 1 aromatic heterocycles. The molecule has 0 fully saturated rings. The fourth-order valence-corrected chi connectivity index (χ4v) is 1.14. The maximum Gasteiger partial charge on any atom is 0.182 e. The zero-order valence-corrected chi connectivity index (χ0v) is 8.05. The van der Waals surface area contributed by atoms with Crippen molar-refractivity contribution in [2.45, 2.75) is 25.5 Å². The summed E-state index contributed by atoms with van der Waals surface area (Å²) in [5, 5.41) is 9.40. The van der Waals surface area contributed by atoms with E-state index in [0.717, 1.165) is 0 Å². The number of nitrogens with two attached hydrogens (primary N) is 1. The first-order valence-electron chi connectivity index (χ1n) is 4.54. The number of carbonyl (C=O) groups is 1. The van der Waals surface area contributed by atoms with Gasteiger partial charge in [0.25, 0.3) is 0 Å². The molecule has 0 bridgehead atoms. The second kappa shape index (κ2) is 4.83. The zero-order chi connectivity index (χ0) is 10.6. The maximum atomic E-state index is 11.6. The van der Waals surface area contributed by atoms with E-state index < -0.39 is 12.1 Å². The maximum absolute atomic E-state index is 11.6. The van der Waals surface area contributed by atoms with Gasteiger partial charge in [-0.25, -0.2) is 0 Å². The lowest BCUT2D eigenvalue weighted by Crippen LogP contribution is -2.41. The van der Waals surface area contributed by atoms with Gasteiger partial charge in [0.2, 0.25) is 0 Å². The first-order valence-corrected chi connectivity index (χ1v) is 4.54. The molecule has 0 saturated carbocycles. The van der Waals surface area contributed by atoms with Crippen LogP contribution in [0, 0.1) is 0 Å². The largest absolute Gasteiger partial charge is 0.391 e. The van der Waals surface area contributed by atoms with Crippen molar-refractivity contribution in [3.8, 4) is 0 Å². The lowest BCUT2D eigenvalue weighted by Gasteiger charge is -2.15. The van der Waals surface area contributed by atoms with Crippen molar-refractivity contribution >= 4 is 5.78 Å². The Kier molecular flexibility index (Phi) is 3.73. The number of aliphatic hydroxyl groups excluding tert-OH is 1. The number of nitrogens with zero attached hydrogens (tertiary/aromatic N) is 1. The fourth-order valence-electron chi connectivity index (χ4n) is 1.14. The van der Waals surface area contributed by atoms with Gasteiger partial charge in [0.1, 0.15) is 0 Å². The second-order valence-corrected chi connectivity index (χ2v) is 3.10. The molecule has 0 aromatic carbocycles. The molecule has 3 N–H and O–H groups in total. The van der Waals surface area contributed by atoms with Gasteiger partial charge in [-0.15, -0.1) is 0 Å². The molecule has 4 nitrogen and oxygen atoms in total. The van der Waals surface area contributed by atoms with Crippen molar-refractivity contribution in [3.63, 3.8) is 0 Å². The number of rotatable bonds is 4. The van der Waals surface area contributed by atoms with E-state index in [1.54, 1.807) is 19.1 Å². The number of Topliss-reactive ketones (excluding diaryl/α,β-unsaturated/α-hetero) is 1. The summed E-state index contributed by atoms with van der Waals surface area (Å²) in [6.45, 7) is 1.78. The molecule has 0 radical (unpaired) electrons. The number of aliphatic hydroxyl groups is 1. The minimum Gasteiger partial charge on any atom is -0.391 e. The van der Waals surface area contributed by atoms with Gasteiger partial charge in [0, 0.05) is 18.0 Å². The highest BCUT2D eigenvalue weighted by Gasteiger charge is 2.21. The van der Waals surface area contributed by atoms with E-state index in [-0.39, 0.29) is 5.78 Å². The highest BCUT2D eigenvalue weighted by atomic mass is 16.3. The van der Waals surface area contributed by atoms with Crippen LogP contribution >= 0.6 is 0 Å². The summed E-state index contributed by atoms with van der Waals surface area (Å²) in [4.78, 5) is 15.4. The Labute approximate surface area is 82.8 Å². The molecule has 14 heavy (non-hydrogen) atoms. The average Bonchev–Trinajstić information content (AvgIpc) is 2.27. The van der Waals surface area contributed by atoms with Crippen molar-refractivity contribution in [2.24, 2.45) is 5.73 Å². The van der Waals surface area contributed by atoms with Crippen LogP contribution in [0.5, 0.6) is 0 Å². The van der Waals surface area contributed by atoms with Crippen molar-refractivity contribution in [1.82, 2.24) is 4.98 Å². The highest BCUT2D eigenvalue weighted by molar-refractivity contribution is 6.00. The summed E-state index contributed by atoms with van der Waals surface area (Å²) >= 11 is 0. The Balaban J connectivity index is 2.76. The van der Waals surface area contributed by atoms with Gasteiger partial charge in [-0.2, -0.15) is 0 Å². The van der Waals surface area contributed by atoms with Crippen molar-refractivity contribution in [3.05, 3.63) is 30.1 Å². The van der Waals surface area contributed by atoms with Crippen LogP contribution in [0.3, 0.4) is 0 Å². The van der Waals surface area contributed by atoms with E-state index in [9.17, 15) is 9.90 Å². The standard InChI is InChI=1S/C10H14N2O2/c1-2-8(13)9(11)10(14)7-3-5-12-6-4-7/h3-6,8-9,13H,2,11H2,1H3. The summed E-state index contributed by atoms with van der Waals surface area (Å²) in [5.41, 5.74) is 6.07. The number of aromatic nitrogens is 1. The SMILES string of the molecule is CCC(O)C(N)C(=O)c1ccncc1. The molecule has 0 aliphatic carbocycles. The molecule has 1 rings (SSSR count). The molecule has 4 heteroatoms. The van der Waals surface area contributed by atoms with E-state index in [1.807, 2.05) is 0 Å². The van der Waals surface area contributed by atoms with Gasteiger partial charge >= 0.3 is 0 Å². The van der Waals surface area contributed by atoms with Crippen LogP contribution in [-0.4, -0.2) is 28.0 Å². The molecule has 0 amide bonds. The second-order valence-electron chi connectivity index (χ2n) is 3.10. The Morgan fingerprint density at radius 2 is 2.14 bits per heavy atom. The first-order chi connectivity index (χ1) is 6.66. The third kappa shape index (κ3) is 2.37. The van der Waals surface area contributed by atoms with E-state index in [4.69, 9.17) is 5.73 Å². The normalized spacial score (nSPS) is 14.8. The molecule has 0 saturated heterocycles. The summed E-state index contributed by atoms with van der Waals surface area (Å²) in [6.07, 6.45) is 2.74. The molecule has 1 heterocycles. The molecule has 0 aliphatic rings. The molecule has 2 unspecified atom stereocenters. The van der Waals surface area contributed by atoms with Gasteiger partial charge in [-0.3, -0.25) is 9.78 Å². The predicted octanol–water partition coefficient (Wildman–Crippen LogP) is 0.362. The van der Waals surface area contributed by atoms with E-state index in [1.165, 1.54) is 12.4 Å². The first kappa shape index (κ1) is 10.8. The lowest BCUT2D eigenvalue weighted by molar-refractivity contribution is 0.0811. The molecule has 1 aromatic rings. The zero-order valence-electron chi connectivity index (χ0n) is 8.05. The molecule has 0 spiro atoms. The van der Waals surface area contributed by atoms with Crippen LogP contribution in [0.15, 0.2) is 24.5 Å². The topological polar surface area (TPSA) is 76.2 Å². The third-order valence-electron chi connectivity index (χ3n) is 2.10. The minimum absolute atomic E-state index is 0.248. The molecular formula is C10H14N2O2. The van der Waals surface area contributed by atoms with Gasteiger partial charge in [0.15, 0.2) is 5.78 Å². The van der Waals surface area contributed by atoms with Gasteiger partial charge in [-0.1, -0.05) is 6.92 Å². The monoisotopic (exact) mass is 194 g/mol. The summed E-state index contributed by atoms with van der Waals surface area (Å²) in [7, 11) is 0. The fraction of sp³-hybridized carbons (Fsp3) is 0.400. The number of hydrogen-bond acceptors (Lipinski definition) is 4. The quantitative estimate of drug-likeness (QED) is 0.679. The number of hydrogen-bond donors (Lipinski definition) is 2. The Morgan fingerprint density at radius 1 is 1.57 bits per heavy atom. The molecule has 0 aliphatic heterocycles. The summed E-state index contributed by atoms with van der Waals surface area (Å²) in [6, 6.07) is 2.33. The predicted molar refractivity (Wildman–Crippen MR) is 52.8 cm³/mol. The smallest absolute Gasteiger partial charge is 0.182 e. The van der Waals surface area contributed by atoms with Gasteiger partial charge in [-0.05, 0) is 18.6 Å². The van der Waals surface area contributed by atoms with Crippen LogP contribution in [0.1, 0.15) is 23.7 Å². The van der Waals surface area contributed by atoms with Crippen LogP contribution < -0.4 is 5.73 Å². The number of carbonyl (C=O) groups excluding carboxylic acids is 1. The van der Waals surface area contributed by atoms with Crippen molar-refractivity contribution < 1.29 is 9.90 Å². The van der Waals surface area contributed by atoms with Gasteiger partial charge in [0.05, 0.1) is 12.1 Å². The Hall–Kier alpha value is -1.26. The average molecular weight is 194 g/mol. The van der Waals surface area contributed by atoms with E-state index in [2.05, 4.69) is 4.98 Å². The Bertz CT molecular complexity index is 300. The van der Waals surface area contributed by atoms with Crippen LogP contribution in [-0.2, 0) is 0 Å². The summed E-state index contributed by atoms with van der Waals surface area (Å²) in [5.74, 6) is -0.248. The van der Waals surface area contributed by atoms with E-state index in [0.29, 0.717) is 12.0 Å². The molecule has 76 valence electrons. The third-order valence-corrected chi connectivity index (χ3v) is 2.10. The Morgan fingerprint density at radius 3 is 2.64 bits per heavy atom. The van der Waals surface area contributed by atoms with Crippen LogP contribution in [0.2, 0.25) is 0 Å². The van der Waals surface area contributed by atoms with Gasteiger partial charge < -0.3 is 10.8 Å². The highest BCUT2D eigenvalue weighted by Crippen LogP contribution is 2.05.